The normalized spacial score (nSPS) is 23.6. The predicted molar refractivity (Wildman–Crippen MR) is 122 cm³/mol. The number of anilines is 2. The summed E-state index contributed by atoms with van der Waals surface area (Å²) in [6.07, 6.45) is 10.0. The Balaban J connectivity index is 1.07. The highest BCUT2D eigenvalue weighted by atomic mass is 16.5. The predicted octanol–water partition coefficient (Wildman–Crippen LogP) is 3.13. The molecule has 1 saturated carbocycles. The van der Waals surface area contributed by atoms with Crippen molar-refractivity contribution in [3.63, 3.8) is 0 Å². The van der Waals surface area contributed by atoms with Gasteiger partial charge in [0.05, 0.1) is 6.61 Å². The number of hydrogen-bond acceptors (Lipinski definition) is 7. The molecule has 1 saturated heterocycles. The largest absolute Gasteiger partial charge is 0.493 e. The molecular weight excluding hydrogens is 406 g/mol. The van der Waals surface area contributed by atoms with Crippen molar-refractivity contribution >= 4 is 17.5 Å². The fraction of sp³-hybridized carbons (Fsp3) is 0.625. The quantitative estimate of drug-likeness (QED) is 0.684. The van der Waals surface area contributed by atoms with Gasteiger partial charge in [-0.2, -0.15) is 0 Å². The van der Waals surface area contributed by atoms with Crippen molar-refractivity contribution in [2.75, 3.05) is 49.1 Å². The number of nitrogens with zero attached hydrogens (tertiary/aromatic N) is 5. The van der Waals surface area contributed by atoms with E-state index in [1.54, 1.807) is 13.0 Å². The minimum absolute atomic E-state index is 0.0466. The molecule has 8 nitrogen and oxygen atoms in total. The van der Waals surface area contributed by atoms with Gasteiger partial charge in [0.15, 0.2) is 5.82 Å². The molecule has 3 aliphatic rings. The molecule has 0 radical (unpaired) electrons. The van der Waals surface area contributed by atoms with Gasteiger partial charge in [0.2, 0.25) is 5.91 Å². The van der Waals surface area contributed by atoms with Gasteiger partial charge in [-0.3, -0.25) is 14.6 Å². The average molecular weight is 440 g/mol. The van der Waals surface area contributed by atoms with Crippen LogP contribution in [-0.4, -0.2) is 66.3 Å². The number of piperazine rings is 1. The van der Waals surface area contributed by atoms with Crippen molar-refractivity contribution in [2.24, 2.45) is 5.92 Å². The summed E-state index contributed by atoms with van der Waals surface area (Å²) in [5.74, 6) is 3.57. The molecule has 0 aromatic carbocycles. The Labute approximate surface area is 189 Å². The van der Waals surface area contributed by atoms with Crippen molar-refractivity contribution in [1.29, 1.82) is 0 Å². The number of amides is 1. The SMILES string of the molecule is CC(=O)N(c1ccon1)C1CCC(CCN2CCN(c3nccc4c3CCO4)CC2)CC1. The molecule has 0 spiro atoms. The van der Waals surface area contributed by atoms with E-state index < -0.39 is 0 Å². The van der Waals surface area contributed by atoms with Crippen LogP contribution in [0.15, 0.2) is 29.1 Å². The fourth-order valence-corrected chi connectivity index (χ4v) is 5.55. The lowest BCUT2D eigenvalue weighted by atomic mass is 9.83. The molecule has 0 bridgehead atoms. The Morgan fingerprint density at radius 1 is 1.16 bits per heavy atom. The Hall–Kier alpha value is -2.61. The first-order valence-corrected chi connectivity index (χ1v) is 12.0. The Kier molecular flexibility index (Phi) is 6.30. The van der Waals surface area contributed by atoms with Crippen molar-refractivity contribution in [2.45, 2.75) is 51.5 Å². The first-order chi connectivity index (χ1) is 15.7. The van der Waals surface area contributed by atoms with Gasteiger partial charge in [-0.25, -0.2) is 4.98 Å². The van der Waals surface area contributed by atoms with E-state index in [2.05, 4.69) is 19.9 Å². The molecule has 2 aromatic heterocycles. The second-order valence-corrected chi connectivity index (χ2v) is 9.25. The number of pyridine rings is 1. The molecule has 1 aliphatic carbocycles. The maximum Gasteiger partial charge on any atom is 0.225 e. The number of carbonyl (C=O) groups excluding carboxylic acids is 1. The molecular formula is C24H33N5O3. The minimum atomic E-state index is 0.0466. The van der Waals surface area contributed by atoms with Crippen LogP contribution in [0.4, 0.5) is 11.6 Å². The van der Waals surface area contributed by atoms with Crippen LogP contribution in [0.25, 0.3) is 0 Å². The third kappa shape index (κ3) is 4.46. The van der Waals surface area contributed by atoms with E-state index in [1.165, 1.54) is 31.1 Å². The van der Waals surface area contributed by atoms with Crippen LogP contribution in [-0.2, 0) is 11.2 Å². The van der Waals surface area contributed by atoms with Gasteiger partial charge in [0, 0.05) is 63.4 Å². The lowest BCUT2D eigenvalue weighted by Crippen LogP contribution is -2.47. The number of rotatable bonds is 6. The third-order valence-electron chi connectivity index (χ3n) is 7.32. The van der Waals surface area contributed by atoms with Gasteiger partial charge in [-0.05, 0) is 50.6 Å². The lowest BCUT2D eigenvalue weighted by molar-refractivity contribution is -0.117. The van der Waals surface area contributed by atoms with E-state index in [4.69, 9.17) is 9.26 Å². The second kappa shape index (κ2) is 9.48. The summed E-state index contributed by atoms with van der Waals surface area (Å²) in [7, 11) is 0. The van der Waals surface area contributed by atoms with E-state index in [0.29, 0.717) is 5.82 Å². The Morgan fingerprint density at radius 2 is 1.97 bits per heavy atom. The zero-order valence-corrected chi connectivity index (χ0v) is 18.9. The average Bonchev–Trinajstić information content (AvgIpc) is 3.51. The van der Waals surface area contributed by atoms with Gasteiger partial charge >= 0.3 is 0 Å². The van der Waals surface area contributed by atoms with Gasteiger partial charge in [-0.15, -0.1) is 0 Å². The van der Waals surface area contributed by atoms with E-state index >= 15 is 0 Å². The molecule has 32 heavy (non-hydrogen) atoms. The van der Waals surface area contributed by atoms with E-state index in [-0.39, 0.29) is 11.9 Å². The van der Waals surface area contributed by atoms with Crippen molar-refractivity contribution in [1.82, 2.24) is 15.0 Å². The molecule has 1 amide bonds. The van der Waals surface area contributed by atoms with Crippen LogP contribution in [0.1, 0.15) is 44.6 Å². The van der Waals surface area contributed by atoms with E-state index in [0.717, 1.165) is 76.1 Å². The smallest absolute Gasteiger partial charge is 0.225 e. The van der Waals surface area contributed by atoms with Crippen molar-refractivity contribution in [3.05, 3.63) is 30.2 Å². The second-order valence-electron chi connectivity index (χ2n) is 9.25. The maximum absolute atomic E-state index is 12.2. The molecule has 0 atom stereocenters. The summed E-state index contributed by atoms with van der Waals surface area (Å²) in [5.41, 5.74) is 1.28. The Bertz CT molecular complexity index is 902. The molecule has 0 N–H and O–H groups in total. The summed E-state index contributed by atoms with van der Waals surface area (Å²) in [5, 5.41) is 3.98. The van der Waals surface area contributed by atoms with Crippen LogP contribution in [0.2, 0.25) is 0 Å². The minimum Gasteiger partial charge on any atom is -0.493 e. The highest BCUT2D eigenvalue weighted by Gasteiger charge is 2.30. The van der Waals surface area contributed by atoms with E-state index in [9.17, 15) is 4.79 Å². The topological polar surface area (TPSA) is 74.9 Å². The van der Waals surface area contributed by atoms with Crippen LogP contribution in [0.5, 0.6) is 5.75 Å². The monoisotopic (exact) mass is 439 g/mol. The highest BCUT2D eigenvalue weighted by molar-refractivity contribution is 5.90. The van der Waals surface area contributed by atoms with Gasteiger partial charge in [0.1, 0.15) is 17.8 Å². The summed E-state index contributed by atoms with van der Waals surface area (Å²) >= 11 is 0. The van der Waals surface area contributed by atoms with Crippen LogP contribution >= 0.6 is 0 Å². The van der Waals surface area contributed by atoms with Gasteiger partial charge < -0.3 is 14.2 Å². The summed E-state index contributed by atoms with van der Waals surface area (Å²) in [6.45, 7) is 7.79. The van der Waals surface area contributed by atoms with Crippen LogP contribution in [0.3, 0.4) is 0 Å². The molecule has 4 heterocycles. The molecule has 2 fully saturated rings. The van der Waals surface area contributed by atoms with Gasteiger partial charge in [0.25, 0.3) is 0 Å². The molecule has 2 aromatic rings. The summed E-state index contributed by atoms with van der Waals surface area (Å²) in [6, 6.07) is 4.00. The highest BCUT2D eigenvalue weighted by Crippen LogP contribution is 2.34. The summed E-state index contributed by atoms with van der Waals surface area (Å²) < 4.78 is 10.7. The van der Waals surface area contributed by atoms with E-state index in [1.807, 2.05) is 17.2 Å². The third-order valence-corrected chi connectivity index (χ3v) is 7.32. The van der Waals surface area contributed by atoms with Crippen LogP contribution < -0.4 is 14.5 Å². The number of ether oxygens (including phenoxy) is 1. The maximum atomic E-state index is 12.2. The number of aromatic nitrogens is 2. The van der Waals surface area contributed by atoms with Crippen molar-refractivity contribution < 1.29 is 14.1 Å². The molecule has 0 unspecified atom stereocenters. The first kappa shape index (κ1) is 21.2. The zero-order valence-electron chi connectivity index (χ0n) is 18.9. The molecule has 172 valence electrons. The molecule has 8 heteroatoms. The molecule has 2 aliphatic heterocycles. The summed E-state index contributed by atoms with van der Waals surface area (Å²) in [4.78, 5) is 23.7. The Morgan fingerprint density at radius 3 is 2.69 bits per heavy atom. The first-order valence-electron chi connectivity index (χ1n) is 12.0. The molecule has 5 rings (SSSR count). The number of hydrogen-bond donors (Lipinski definition) is 0. The van der Waals surface area contributed by atoms with Gasteiger partial charge in [-0.1, -0.05) is 5.16 Å². The number of carbonyl (C=O) groups is 1. The fourth-order valence-electron chi connectivity index (χ4n) is 5.55. The standard InChI is InChI=1S/C24H33N5O3/c1-18(30)29(23-9-17-32-26-23)20-4-2-19(3-5-20)7-11-27-12-14-28(15-13-27)24-21-8-16-31-22(21)6-10-25-24/h6,9-10,17,19-20H,2-5,7-8,11-16H2,1H3. The van der Waals surface area contributed by atoms with Crippen LogP contribution in [0, 0.1) is 5.92 Å². The number of fused-ring (bicyclic) bond motifs is 1. The van der Waals surface area contributed by atoms with Crippen molar-refractivity contribution in [3.8, 4) is 5.75 Å². The zero-order chi connectivity index (χ0) is 21.9. The lowest BCUT2D eigenvalue weighted by Gasteiger charge is -2.38.